The zero-order valence-electron chi connectivity index (χ0n) is 8.84. The molecule has 0 radical (unpaired) electrons. The summed E-state index contributed by atoms with van der Waals surface area (Å²) in [6, 6.07) is 5.69. The molecule has 15 heavy (non-hydrogen) atoms. The van der Waals surface area contributed by atoms with Crippen LogP contribution in [0.1, 0.15) is 25.3 Å². The van der Waals surface area contributed by atoms with E-state index in [0.29, 0.717) is 11.9 Å². The second-order valence-electron chi connectivity index (χ2n) is 3.97. The molecule has 0 unspecified atom stereocenters. The van der Waals surface area contributed by atoms with Crippen LogP contribution >= 0.6 is 11.6 Å². The number of nitrogens with zero attached hydrogens (tertiary/aromatic N) is 1. The second kappa shape index (κ2) is 4.40. The Morgan fingerprint density at radius 2 is 2.13 bits per heavy atom. The zero-order chi connectivity index (χ0) is 10.8. The molecule has 0 heterocycles. The lowest BCUT2D eigenvalue weighted by atomic mass is 10.2. The predicted molar refractivity (Wildman–Crippen MR) is 62.0 cm³/mol. The Morgan fingerprint density at radius 3 is 2.67 bits per heavy atom. The molecular formula is C12H15ClFN. The van der Waals surface area contributed by atoms with Crippen molar-refractivity contribution in [3.8, 4) is 0 Å². The van der Waals surface area contributed by atoms with Gasteiger partial charge in [0.25, 0.3) is 0 Å². The van der Waals surface area contributed by atoms with E-state index >= 15 is 0 Å². The zero-order valence-corrected chi connectivity index (χ0v) is 9.60. The van der Waals surface area contributed by atoms with E-state index in [1.165, 1.54) is 18.9 Å². The van der Waals surface area contributed by atoms with Crippen LogP contribution in [0.2, 0.25) is 0 Å². The van der Waals surface area contributed by atoms with E-state index in [9.17, 15) is 4.39 Å². The van der Waals surface area contributed by atoms with Crippen LogP contribution in [0.4, 0.5) is 10.1 Å². The first-order valence-corrected chi connectivity index (χ1v) is 5.90. The molecule has 1 aromatic carbocycles. The molecule has 0 saturated heterocycles. The minimum atomic E-state index is -0.192. The quantitative estimate of drug-likeness (QED) is 0.711. The van der Waals surface area contributed by atoms with Crippen LogP contribution in [0.15, 0.2) is 18.2 Å². The molecule has 0 N–H and O–H groups in total. The Morgan fingerprint density at radius 1 is 1.40 bits per heavy atom. The maximum absolute atomic E-state index is 13.3. The summed E-state index contributed by atoms with van der Waals surface area (Å²) in [4.78, 5) is 2.25. The number of hydrogen-bond acceptors (Lipinski definition) is 1. The molecule has 1 nitrogen and oxygen atoms in total. The van der Waals surface area contributed by atoms with Gasteiger partial charge < -0.3 is 4.90 Å². The van der Waals surface area contributed by atoms with E-state index < -0.39 is 0 Å². The van der Waals surface area contributed by atoms with Gasteiger partial charge in [-0.2, -0.15) is 0 Å². The number of hydrogen-bond donors (Lipinski definition) is 0. The molecule has 1 fully saturated rings. The number of benzene rings is 1. The summed E-state index contributed by atoms with van der Waals surface area (Å²) in [6.07, 6.45) is 2.45. The summed E-state index contributed by atoms with van der Waals surface area (Å²) < 4.78 is 13.3. The molecule has 1 aromatic rings. The van der Waals surface area contributed by atoms with Gasteiger partial charge in [0.05, 0.1) is 0 Å². The average molecular weight is 228 g/mol. The Kier molecular flexibility index (Phi) is 3.15. The average Bonchev–Trinajstić information content (AvgIpc) is 3.02. The molecule has 3 heteroatoms. The van der Waals surface area contributed by atoms with E-state index in [4.69, 9.17) is 11.6 Å². The van der Waals surface area contributed by atoms with Crippen LogP contribution in [-0.4, -0.2) is 12.6 Å². The van der Waals surface area contributed by atoms with Crippen LogP contribution in [0.5, 0.6) is 0 Å². The lowest BCUT2D eigenvalue weighted by Crippen LogP contribution is -2.25. The van der Waals surface area contributed by atoms with Gasteiger partial charge in [0.1, 0.15) is 5.82 Å². The first-order valence-electron chi connectivity index (χ1n) is 5.36. The van der Waals surface area contributed by atoms with Crippen LogP contribution in [-0.2, 0) is 5.88 Å². The minimum Gasteiger partial charge on any atom is -0.369 e. The molecule has 82 valence electrons. The summed E-state index contributed by atoms with van der Waals surface area (Å²) in [5.41, 5.74) is 1.82. The number of rotatable bonds is 4. The van der Waals surface area contributed by atoms with E-state index in [1.807, 2.05) is 6.07 Å². The number of alkyl halides is 1. The molecule has 1 aliphatic rings. The van der Waals surface area contributed by atoms with Crippen molar-refractivity contribution in [3.63, 3.8) is 0 Å². The SMILES string of the molecule is CCN(c1cc(F)cc(CCl)c1)C1CC1. The molecule has 0 aliphatic heterocycles. The smallest absolute Gasteiger partial charge is 0.125 e. The highest BCUT2D eigenvalue weighted by molar-refractivity contribution is 6.17. The fourth-order valence-electron chi connectivity index (χ4n) is 1.91. The molecular weight excluding hydrogens is 213 g/mol. The van der Waals surface area contributed by atoms with Gasteiger partial charge in [-0.3, -0.25) is 0 Å². The van der Waals surface area contributed by atoms with E-state index in [2.05, 4.69) is 11.8 Å². The minimum absolute atomic E-state index is 0.192. The van der Waals surface area contributed by atoms with Crippen molar-refractivity contribution < 1.29 is 4.39 Å². The van der Waals surface area contributed by atoms with Crippen LogP contribution in [0.3, 0.4) is 0 Å². The monoisotopic (exact) mass is 227 g/mol. The highest BCUT2D eigenvalue weighted by Crippen LogP contribution is 2.32. The molecule has 0 aromatic heterocycles. The highest BCUT2D eigenvalue weighted by Gasteiger charge is 2.28. The number of anilines is 1. The largest absolute Gasteiger partial charge is 0.369 e. The molecule has 1 aliphatic carbocycles. The van der Waals surface area contributed by atoms with Gasteiger partial charge in [0.15, 0.2) is 0 Å². The van der Waals surface area contributed by atoms with Crippen molar-refractivity contribution in [2.24, 2.45) is 0 Å². The van der Waals surface area contributed by atoms with Crippen LogP contribution < -0.4 is 4.90 Å². The van der Waals surface area contributed by atoms with Crippen LogP contribution in [0, 0.1) is 5.82 Å². The highest BCUT2D eigenvalue weighted by atomic mass is 35.5. The maximum atomic E-state index is 13.3. The molecule has 0 atom stereocenters. The summed E-state index contributed by atoms with van der Waals surface area (Å²) >= 11 is 5.73. The van der Waals surface area contributed by atoms with Crippen molar-refractivity contribution in [2.75, 3.05) is 11.4 Å². The fraction of sp³-hybridized carbons (Fsp3) is 0.500. The molecule has 0 spiro atoms. The standard InChI is InChI=1S/C12H15ClFN/c1-2-15(11-3-4-11)12-6-9(8-13)5-10(14)7-12/h5-7,11H,2-4,8H2,1H3. The van der Waals surface area contributed by atoms with Gasteiger partial charge in [-0.1, -0.05) is 0 Å². The van der Waals surface area contributed by atoms with Crippen molar-refractivity contribution in [1.29, 1.82) is 0 Å². The number of halogens is 2. The molecule has 1 saturated carbocycles. The first-order chi connectivity index (χ1) is 7.24. The van der Waals surface area contributed by atoms with Gasteiger partial charge in [-0.25, -0.2) is 4.39 Å². The van der Waals surface area contributed by atoms with Crippen molar-refractivity contribution in [2.45, 2.75) is 31.7 Å². The lowest BCUT2D eigenvalue weighted by Gasteiger charge is -2.23. The molecule has 0 amide bonds. The van der Waals surface area contributed by atoms with Gasteiger partial charge in [-0.15, -0.1) is 11.6 Å². The van der Waals surface area contributed by atoms with Crippen molar-refractivity contribution >= 4 is 17.3 Å². The molecule has 0 bridgehead atoms. The summed E-state index contributed by atoms with van der Waals surface area (Å²) in [6.45, 7) is 3.03. The summed E-state index contributed by atoms with van der Waals surface area (Å²) in [7, 11) is 0. The van der Waals surface area contributed by atoms with Crippen molar-refractivity contribution in [1.82, 2.24) is 0 Å². The lowest BCUT2D eigenvalue weighted by molar-refractivity contribution is 0.625. The second-order valence-corrected chi connectivity index (χ2v) is 4.24. The van der Waals surface area contributed by atoms with Crippen LogP contribution in [0.25, 0.3) is 0 Å². The summed E-state index contributed by atoms with van der Waals surface area (Å²) in [5.74, 6) is 0.176. The Hall–Kier alpha value is -0.760. The summed E-state index contributed by atoms with van der Waals surface area (Å²) in [5, 5.41) is 0. The Bertz CT molecular complexity index is 349. The van der Waals surface area contributed by atoms with Gasteiger partial charge >= 0.3 is 0 Å². The van der Waals surface area contributed by atoms with Gasteiger partial charge in [-0.05, 0) is 43.5 Å². The third-order valence-corrected chi connectivity index (χ3v) is 3.07. The van der Waals surface area contributed by atoms with Gasteiger partial charge in [0, 0.05) is 24.2 Å². The third kappa shape index (κ3) is 2.43. The third-order valence-electron chi connectivity index (χ3n) is 2.76. The Balaban J connectivity index is 2.28. The van der Waals surface area contributed by atoms with E-state index in [0.717, 1.165) is 17.8 Å². The fourth-order valence-corrected chi connectivity index (χ4v) is 2.07. The van der Waals surface area contributed by atoms with E-state index in [1.54, 1.807) is 6.07 Å². The normalized spacial score (nSPS) is 15.4. The maximum Gasteiger partial charge on any atom is 0.125 e. The Labute approximate surface area is 94.8 Å². The van der Waals surface area contributed by atoms with Crippen molar-refractivity contribution in [3.05, 3.63) is 29.6 Å². The first kappa shape index (κ1) is 10.7. The van der Waals surface area contributed by atoms with Gasteiger partial charge in [0.2, 0.25) is 0 Å². The predicted octanol–water partition coefficient (Wildman–Crippen LogP) is 3.55. The topological polar surface area (TPSA) is 3.24 Å². The molecule has 2 rings (SSSR count). The van der Waals surface area contributed by atoms with E-state index in [-0.39, 0.29) is 5.82 Å².